The number of rotatable bonds is 2. The normalized spacial score (nSPS) is 18.5. The SMILES string of the molecule is Cl.N[C@H](c1ccccc1O)C1CCCC1. The van der Waals surface area contributed by atoms with Crippen LogP contribution >= 0.6 is 12.4 Å². The van der Waals surface area contributed by atoms with Gasteiger partial charge in [0, 0.05) is 11.6 Å². The summed E-state index contributed by atoms with van der Waals surface area (Å²) in [5, 5.41) is 9.66. The van der Waals surface area contributed by atoms with Gasteiger partial charge in [0.15, 0.2) is 0 Å². The van der Waals surface area contributed by atoms with E-state index in [1.807, 2.05) is 18.2 Å². The van der Waals surface area contributed by atoms with Crippen molar-refractivity contribution in [2.45, 2.75) is 31.7 Å². The van der Waals surface area contributed by atoms with Crippen LogP contribution in [0.25, 0.3) is 0 Å². The Bertz CT molecular complexity index is 310. The van der Waals surface area contributed by atoms with Crippen LogP contribution in [0.2, 0.25) is 0 Å². The molecule has 15 heavy (non-hydrogen) atoms. The molecule has 0 aromatic heterocycles. The van der Waals surface area contributed by atoms with Crippen LogP contribution in [0.15, 0.2) is 24.3 Å². The summed E-state index contributed by atoms with van der Waals surface area (Å²) in [6.07, 6.45) is 4.98. The second-order valence-electron chi connectivity index (χ2n) is 4.13. The van der Waals surface area contributed by atoms with E-state index in [9.17, 15) is 5.11 Å². The molecular weight excluding hydrogens is 210 g/mol. The fraction of sp³-hybridized carbons (Fsp3) is 0.500. The molecule has 0 aliphatic heterocycles. The Morgan fingerprint density at radius 1 is 1.20 bits per heavy atom. The van der Waals surface area contributed by atoms with Crippen LogP contribution in [0.5, 0.6) is 5.75 Å². The van der Waals surface area contributed by atoms with E-state index < -0.39 is 0 Å². The molecule has 0 radical (unpaired) electrons. The maximum Gasteiger partial charge on any atom is 0.120 e. The Labute approximate surface area is 96.9 Å². The van der Waals surface area contributed by atoms with E-state index in [1.165, 1.54) is 25.7 Å². The minimum Gasteiger partial charge on any atom is -0.508 e. The molecule has 1 aromatic carbocycles. The topological polar surface area (TPSA) is 46.2 Å². The smallest absolute Gasteiger partial charge is 0.120 e. The Hall–Kier alpha value is -0.730. The number of phenols is 1. The zero-order chi connectivity index (χ0) is 9.97. The van der Waals surface area contributed by atoms with Gasteiger partial charge in [-0.3, -0.25) is 0 Å². The predicted octanol–water partition coefficient (Wildman–Crippen LogP) is 3.00. The van der Waals surface area contributed by atoms with Gasteiger partial charge < -0.3 is 10.8 Å². The van der Waals surface area contributed by atoms with E-state index in [2.05, 4.69) is 0 Å². The van der Waals surface area contributed by atoms with Crippen LogP contribution in [0.4, 0.5) is 0 Å². The fourth-order valence-electron chi connectivity index (χ4n) is 2.34. The molecule has 0 saturated heterocycles. The van der Waals surface area contributed by atoms with Gasteiger partial charge in [-0.1, -0.05) is 31.0 Å². The summed E-state index contributed by atoms with van der Waals surface area (Å²) in [5.74, 6) is 0.898. The molecule has 84 valence electrons. The summed E-state index contributed by atoms with van der Waals surface area (Å²) >= 11 is 0. The highest BCUT2D eigenvalue weighted by molar-refractivity contribution is 5.85. The van der Waals surface area contributed by atoms with Crippen LogP contribution < -0.4 is 5.73 Å². The van der Waals surface area contributed by atoms with Crippen molar-refractivity contribution in [2.24, 2.45) is 11.7 Å². The zero-order valence-electron chi connectivity index (χ0n) is 8.73. The lowest BCUT2D eigenvalue weighted by Gasteiger charge is -2.19. The maximum atomic E-state index is 9.66. The first-order chi connectivity index (χ1) is 6.79. The van der Waals surface area contributed by atoms with E-state index in [0.29, 0.717) is 11.7 Å². The zero-order valence-corrected chi connectivity index (χ0v) is 9.54. The quantitative estimate of drug-likeness (QED) is 0.816. The number of hydrogen-bond acceptors (Lipinski definition) is 2. The van der Waals surface area contributed by atoms with Gasteiger partial charge in [-0.2, -0.15) is 0 Å². The van der Waals surface area contributed by atoms with Crippen molar-refractivity contribution in [2.75, 3.05) is 0 Å². The van der Waals surface area contributed by atoms with Crippen LogP contribution in [-0.2, 0) is 0 Å². The third-order valence-corrected chi connectivity index (χ3v) is 3.20. The molecule has 0 unspecified atom stereocenters. The second-order valence-corrected chi connectivity index (χ2v) is 4.13. The first-order valence-electron chi connectivity index (χ1n) is 5.32. The standard InChI is InChI=1S/C12H17NO.ClH/c13-12(9-5-1-2-6-9)10-7-3-4-8-11(10)14;/h3-4,7-9,12,14H,1-2,5-6,13H2;1H/t12-;/m0./s1. The highest BCUT2D eigenvalue weighted by atomic mass is 35.5. The molecule has 3 heteroatoms. The molecule has 1 aliphatic carbocycles. The molecule has 2 nitrogen and oxygen atoms in total. The number of hydrogen-bond donors (Lipinski definition) is 2. The van der Waals surface area contributed by atoms with Gasteiger partial charge in [0.05, 0.1) is 0 Å². The fourth-order valence-corrected chi connectivity index (χ4v) is 2.34. The molecule has 1 aliphatic rings. The van der Waals surface area contributed by atoms with Crippen molar-refractivity contribution >= 4 is 12.4 Å². The maximum absolute atomic E-state index is 9.66. The largest absolute Gasteiger partial charge is 0.508 e. The third kappa shape index (κ3) is 2.64. The number of benzene rings is 1. The van der Waals surface area contributed by atoms with E-state index >= 15 is 0 Å². The van der Waals surface area contributed by atoms with Crippen LogP contribution in [-0.4, -0.2) is 5.11 Å². The molecule has 0 amide bonds. The molecule has 0 bridgehead atoms. The van der Waals surface area contributed by atoms with Gasteiger partial charge in [0.2, 0.25) is 0 Å². The lowest BCUT2D eigenvalue weighted by atomic mass is 9.92. The summed E-state index contributed by atoms with van der Waals surface area (Å²) in [7, 11) is 0. The molecule has 1 atom stereocenters. The number of para-hydroxylation sites is 1. The number of nitrogens with two attached hydrogens (primary N) is 1. The van der Waals surface area contributed by atoms with E-state index in [4.69, 9.17) is 5.73 Å². The number of halogens is 1. The van der Waals surface area contributed by atoms with Crippen molar-refractivity contribution in [1.82, 2.24) is 0 Å². The minimum absolute atomic E-state index is 0. The molecule has 1 aromatic rings. The molecular formula is C12H18ClNO. The molecule has 0 heterocycles. The summed E-state index contributed by atoms with van der Waals surface area (Å²) < 4.78 is 0. The van der Waals surface area contributed by atoms with Crippen molar-refractivity contribution < 1.29 is 5.11 Å². The number of phenolic OH excluding ortho intramolecular Hbond substituents is 1. The van der Waals surface area contributed by atoms with Crippen LogP contribution in [0.3, 0.4) is 0 Å². The monoisotopic (exact) mass is 227 g/mol. The Morgan fingerprint density at radius 2 is 1.80 bits per heavy atom. The molecule has 1 saturated carbocycles. The average molecular weight is 228 g/mol. The van der Waals surface area contributed by atoms with E-state index in [1.54, 1.807) is 6.07 Å². The van der Waals surface area contributed by atoms with Crippen molar-refractivity contribution in [1.29, 1.82) is 0 Å². The molecule has 0 spiro atoms. The van der Waals surface area contributed by atoms with Crippen molar-refractivity contribution in [3.8, 4) is 5.75 Å². The van der Waals surface area contributed by atoms with E-state index in [0.717, 1.165) is 5.56 Å². The van der Waals surface area contributed by atoms with E-state index in [-0.39, 0.29) is 18.4 Å². The summed E-state index contributed by atoms with van der Waals surface area (Å²) in [6, 6.07) is 7.42. The Morgan fingerprint density at radius 3 is 2.40 bits per heavy atom. The number of aromatic hydroxyl groups is 1. The van der Waals surface area contributed by atoms with Crippen LogP contribution in [0.1, 0.15) is 37.3 Å². The first kappa shape index (κ1) is 12.3. The Kier molecular flexibility index (Phi) is 4.43. The summed E-state index contributed by atoms with van der Waals surface area (Å²) in [5.41, 5.74) is 7.04. The van der Waals surface area contributed by atoms with Crippen molar-refractivity contribution in [3.05, 3.63) is 29.8 Å². The van der Waals surface area contributed by atoms with Gasteiger partial charge in [0.1, 0.15) is 5.75 Å². The lowest BCUT2D eigenvalue weighted by molar-refractivity contribution is 0.412. The lowest BCUT2D eigenvalue weighted by Crippen LogP contribution is -2.19. The van der Waals surface area contributed by atoms with Crippen molar-refractivity contribution in [3.63, 3.8) is 0 Å². The van der Waals surface area contributed by atoms with Gasteiger partial charge in [-0.05, 0) is 24.8 Å². The minimum atomic E-state index is 0. The predicted molar refractivity (Wildman–Crippen MR) is 64.2 cm³/mol. The molecule has 1 fully saturated rings. The summed E-state index contributed by atoms with van der Waals surface area (Å²) in [6.45, 7) is 0. The average Bonchev–Trinajstić information content (AvgIpc) is 2.70. The third-order valence-electron chi connectivity index (χ3n) is 3.20. The first-order valence-corrected chi connectivity index (χ1v) is 5.32. The Balaban J connectivity index is 0.00000112. The second kappa shape index (κ2) is 5.38. The van der Waals surface area contributed by atoms with Gasteiger partial charge in [-0.25, -0.2) is 0 Å². The van der Waals surface area contributed by atoms with Gasteiger partial charge >= 0.3 is 0 Å². The van der Waals surface area contributed by atoms with Crippen LogP contribution in [0, 0.1) is 5.92 Å². The highest BCUT2D eigenvalue weighted by Gasteiger charge is 2.24. The molecule has 3 N–H and O–H groups in total. The van der Waals surface area contributed by atoms with Gasteiger partial charge in [0.25, 0.3) is 0 Å². The van der Waals surface area contributed by atoms with Gasteiger partial charge in [-0.15, -0.1) is 12.4 Å². The summed E-state index contributed by atoms with van der Waals surface area (Å²) in [4.78, 5) is 0. The molecule has 2 rings (SSSR count). The highest BCUT2D eigenvalue weighted by Crippen LogP contribution is 2.36.